The van der Waals surface area contributed by atoms with E-state index in [0.717, 1.165) is 30.2 Å². The Morgan fingerprint density at radius 2 is 1.72 bits per heavy atom. The van der Waals surface area contributed by atoms with Crippen LogP contribution in [-0.4, -0.2) is 52.8 Å². The minimum Gasteiger partial charge on any atom is -0.336 e. The average Bonchev–Trinajstić information content (AvgIpc) is 3.49. The van der Waals surface area contributed by atoms with E-state index in [0.29, 0.717) is 29.2 Å². The van der Waals surface area contributed by atoms with Crippen LogP contribution in [0.25, 0.3) is 10.2 Å². The first-order chi connectivity index (χ1) is 15.7. The molecule has 0 unspecified atom stereocenters. The van der Waals surface area contributed by atoms with E-state index in [1.807, 2.05) is 34.5 Å². The zero-order valence-electron chi connectivity index (χ0n) is 17.4. The number of carbonyl (C=O) groups excluding carboxylic acids is 2. The topological polar surface area (TPSA) is 65.5 Å². The van der Waals surface area contributed by atoms with Crippen LogP contribution in [-0.2, 0) is 6.54 Å². The molecule has 4 aromatic rings. The van der Waals surface area contributed by atoms with E-state index in [1.165, 1.54) is 16.0 Å². The number of para-hydroxylation sites is 1. The Morgan fingerprint density at radius 3 is 2.44 bits per heavy atom. The number of rotatable bonds is 5. The molecule has 1 N–H and O–H groups in total. The van der Waals surface area contributed by atoms with Crippen molar-refractivity contribution in [2.75, 3.05) is 31.5 Å². The quantitative estimate of drug-likeness (QED) is 0.472. The van der Waals surface area contributed by atoms with Gasteiger partial charge in [0.2, 0.25) is 0 Å². The molecule has 32 heavy (non-hydrogen) atoms. The van der Waals surface area contributed by atoms with Gasteiger partial charge in [-0.15, -0.1) is 22.7 Å². The Bertz CT molecular complexity index is 1190. The van der Waals surface area contributed by atoms with Crippen LogP contribution in [0.3, 0.4) is 0 Å². The van der Waals surface area contributed by atoms with Crippen LogP contribution in [0, 0.1) is 0 Å². The summed E-state index contributed by atoms with van der Waals surface area (Å²) in [6.07, 6.45) is 0. The summed E-state index contributed by atoms with van der Waals surface area (Å²) in [7, 11) is 0. The van der Waals surface area contributed by atoms with E-state index in [2.05, 4.69) is 16.3 Å². The molecular formula is C24H22N4O2S2. The second-order valence-electron chi connectivity index (χ2n) is 7.65. The number of carbonyl (C=O) groups is 2. The summed E-state index contributed by atoms with van der Waals surface area (Å²) in [5, 5.41) is 5.85. The highest BCUT2D eigenvalue weighted by Gasteiger charge is 2.23. The lowest BCUT2D eigenvalue weighted by atomic mass is 10.1. The van der Waals surface area contributed by atoms with Gasteiger partial charge < -0.3 is 10.2 Å². The molecule has 0 spiro atoms. The molecule has 2 aromatic carbocycles. The number of nitrogens with zero attached hydrogens (tertiary/aromatic N) is 3. The minimum atomic E-state index is -0.136. The van der Waals surface area contributed by atoms with Gasteiger partial charge in [-0.25, -0.2) is 4.98 Å². The monoisotopic (exact) mass is 462 g/mol. The summed E-state index contributed by atoms with van der Waals surface area (Å²) in [5.74, 6) is -0.107. The maximum atomic E-state index is 12.9. The van der Waals surface area contributed by atoms with Crippen molar-refractivity contribution >= 4 is 50.4 Å². The van der Waals surface area contributed by atoms with Crippen LogP contribution in [0.15, 0.2) is 66.0 Å². The van der Waals surface area contributed by atoms with Crippen molar-refractivity contribution < 1.29 is 9.59 Å². The molecule has 0 aliphatic carbocycles. The standard InChI is InChI=1S/C24H22N4O2S2/c29-23(21-6-3-15-31-21)25-18-9-7-17(8-10-18)24(30)28-13-11-27(12-14-28)16-22-26-19-4-1-2-5-20(19)32-22/h1-10,15H,11-14,16H2,(H,25,29). The number of thiophene rings is 1. The fourth-order valence-corrected chi connectivity index (χ4v) is 5.40. The van der Waals surface area contributed by atoms with E-state index in [9.17, 15) is 9.59 Å². The fraction of sp³-hybridized carbons (Fsp3) is 0.208. The van der Waals surface area contributed by atoms with E-state index < -0.39 is 0 Å². The van der Waals surface area contributed by atoms with Gasteiger partial charge in [0.15, 0.2) is 0 Å². The highest BCUT2D eigenvalue weighted by molar-refractivity contribution is 7.18. The first kappa shape index (κ1) is 20.8. The van der Waals surface area contributed by atoms with Gasteiger partial charge in [0.05, 0.1) is 21.6 Å². The van der Waals surface area contributed by atoms with Gasteiger partial charge in [-0.2, -0.15) is 0 Å². The largest absolute Gasteiger partial charge is 0.336 e. The molecule has 1 fully saturated rings. The van der Waals surface area contributed by atoms with E-state index in [-0.39, 0.29) is 11.8 Å². The Balaban J connectivity index is 1.15. The highest BCUT2D eigenvalue weighted by Crippen LogP contribution is 2.23. The number of hydrogen-bond acceptors (Lipinski definition) is 6. The summed E-state index contributed by atoms with van der Waals surface area (Å²) in [6.45, 7) is 3.87. The molecule has 5 rings (SSSR count). The molecular weight excluding hydrogens is 440 g/mol. The molecule has 2 amide bonds. The smallest absolute Gasteiger partial charge is 0.265 e. The Morgan fingerprint density at radius 1 is 0.938 bits per heavy atom. The molecule has 3 heterocycles. The predicted molar refractivity (Wildman–Crippen MR) is 130 cm³/mol. The molecule has 0 saturated carbocycles. The van der Waals surface area contributed by atoms with Gasteiger partial charge in [0, 0.05) is 37.4 Å². The summed E-state index contributed by atoms with van der Waals surface area (Å²) in [6, 6.07) is 19.0. The SMILES string of the molecule is O=C(Nc1ccc(C(=O)N2CCN(Cc3nc4ccccc4s3)CC2)cc1)c1cccs1. The summed E-state index contributed by atoms with van der Waals surface area (Å²) >= 11 is 3.14. The van der Waals surface area contributed by atoms with E-state index in [4.69, 9.17) is 4.98 Å². The molecule has 2 aromatic heterocycles. The first-order valence-corrected chi connectivity index (χ1v) is 12.2. The van der Waals surface area contributed by atoms with Crippen LogP contribution in [0.1, 0.15) is 25.0 Å². The molecule has 1 aliphatic heterocycles. The summed E-state index contributed by atoms with van der Waals surface area (Å²) in [5.41, 5.74) is 2.37. The Kier molecular flexibility index (Phi) is 5.98. The van der Waals surface area contributed by atoms with Gasteiger partial charge in [0.1, 0.15) is 5.01 Å². The lowest BCUT2D eigenvalue weighted by molar-refractivity contribution is 0.0628. The molecule has 162 valence electrons. The van der Waals surface area contributed by atoms with Crippen LogP contribution in [0.5, 0.6) is 0 Å². The first-order valence-electron chi connectivity index (χ1n) is 10.5. The molecule has 0 atom stereocenters. The van der Waals surface area contributed by atoms with E-state index in [1.54, 1.807) is 41.7 Å². The minimum absolute atomic E-state index is 0.0285. The average molecular weight is 463 g/mol. The van der Waals surface area contributed by atoms with Crippen molar-refractivity contribution in [1.29, 1.82) is 0 Å². The van der Waals surface area contributed by atoms with Crippen LogP contribution in [0.2, 0.25) is 0 Å². The zero-order valence-corrected chi connectivity index (χ0v) is 19.0. The van der Waals surface area contributed by atoms with Gasteiger partial charge in [-0.3, -0.25) is 14.5 Å². The third-order valence-corrected chi connectivity index (χ3v) is 7.38. The summed E-state index contributed by atoms with van der Waals surface area (Å²) in [4.78, 5) is 34.7. The number of benzene rings is 2. The number of thiazole rings is 1. The lowest BCUT2D eigenvalue weighted by Gasteiger charge is -2.34. The summed E-state index contributed by atoms with van der Waals surface area (Å²) < 4.78 is 1.21. The molecule has 8 heteroatoms. The maximum absolute atomic E-state index is 12.9. The van der Waals surface area contributed by atoms with Crippen molar-refractivity contribution in [2.45, 2.75) is 6.54 Å². The van der Waals surface area contributed by atoms with Crippen molar-refractivity contribution in [1.82, 2.24) is 14.8 Å². The van der Waals surface area contributed by atoms with Gasteiger partial charge in [-0.1, -0.05) is 18.2 Å². The lowest BCUT2D eigenvalue weighted by Crippen LogP contribution is -2.48. The van der Waals surface area contributed by atoms with Gasteiger partial charge >= 0.3 is 0 Å². The fourth-order valence-electron chi connectivity index (χ4n) is 3.77. The van der Waals surface area contributed by atoms with E-state index >= 15 is 0 Å². The molecule has 6 nitrogen and oxygen atoms in total. The van der Waals surface area contributed by atoms with Gasteiger partial charge in [-0.05, 0) is 47.8 Å². The third kappa shape index (κ3) is 4.57. The Labute approximate surface area is 194 Å². The number of anilines is 1. The molecule has 1 aliphatic rings. The van der Waals surface area contributed by atoms with Gasteiger partial charge in [0.25, 0.3) is 11.8 Å². The second kappa shape index (κ2) is 9.20. The van der Waals surface area contributed by atoms with Crippen molar-refractivity contribution in [2.24, 2.45) is 0 Å². The Hall–Kier alpha value is -3.07. The number of nitrogens with one attached hydrogen (secondary N) is 1. The van der Waals surface area contributed by atoms with Crippen LogP contribution < -0.4 is 5.32 Å². The number of aromatic nitrogens is 1. The molecule has 0 bridgehead atoms. The number of piperazine rings is 1. The van der Waals surface area contributed by atoms with Crippen molar-refractivity contribution in [3.8, 4) is 0 Å². The third-order valence-electron chi connectivity index (χ3n) is 5.49. The number of amides is 2. The second-order valence-corrected chi connectivity index (χ2v) is 9.72. The van der Waals surface area contributed by atoms with Crippen LogP contribution in [0.4, 0.5) is 5.69 Å². The number of fused-ring (bicyclic) bond motifs is 1. The normalized spacial score (nSPS) is 14.6. The van der Waals surface area contributed by atoms with Crippen molar-refractivity contribution in [3.63, 3.8) is 0 Å². The maximum Gasteiger partial charge on any atom is 0.265 e. The number of hydrogen-bond donors (Lipinski definition) is 1. The van der Waals surface area contributed by atoms with Crippen molar-refractivity contribution in [3.05, 3.63) is 81.5 Å². The molecule has 1 saturated heterocycles. The van der Waals surface area contributed by atoms with Crippen LogP contribution >= 0.6 is 22.7 Å². The highest BCUT2D eigenvalue weighted by atomic mass is 32.1. The zero-order chi connectivity index (χ0) is 21.9. The molecule has 0 radical (unpaired) electrons. The predicted octanol–water partition coefficient (Wildman–Crippen LogP) is 4.57.